The van der Waals surface area contributed by atoms with E-state index in [1.54, 1.807) is 19.2 Å². The van der Waals surface area contributed by atoms with E-state index in [0.29, 0.717) is 16.7 Å². The molecular weight excluding hydrogens is 465 g/mol. The Kier molecular flexibility index (Phi) is 7.67. The fourth-order valence-corrected chi connectivity index (χ4v) is 4.39. The quantitative estimate of drug-likeness (QED) is 0.300. The first-order valence-corrected chi connectivity index (χ1v) is 12.0. The van der Waals surface area contributed by atoms with E-state index in [1.165, 1.54) is 23.9 Å². The third-order valence-corrected chi connectivity index (χ3v) is 6.31. The van der Waals surface area contributed by atoms with Gasteiger partial charge in [-0.15, -0.1) is 10.2 Å². The van der Waals surface area contributed by atoms with Gasteiger partial charge in [0, 0.05) is 11.4 Å². The standard InChI is InChI=1S/C26H26FN5O2S/c1-17-11-13-20(14-12-17)32-24(18(2)28-25(33)29-23-10-5-4-9-22(23)27)30-31-26(32)35-16-19-7-6-8-21(15-19)34-3/h4-15,18H,16H2,1-3H3,(H2,28,29,33). The monoisotopic (exact) mass is 491 g/mol. The maximum atomic E-state index is 13.9. The highest BCUT2D eigenvalue weighted by atomic mass is 32.2. The molecule has 1 heterocycles. The molecule has 0 saturated heterocycles. The van der Waals surface area contributed by atoms with Crippen LogP contribution in [0.3, 0.4) is 0 Å². The second-order valence-electron chi connectivity index (χ2n) is 7.95. The highest BCUT2D eigenvalue weighted by molar-refractivity contribution is 7.98. The van der Waals surface area contributed by atoms with Gasteiger partial charge >= 0.3 is 6.03 Å². The molecule has 0 aliphatic heterocycles. The number of rotatable bonds is 8. The van der Waals surface area contributed by atoms with Crippen molar-refractivity contribution in [2.24, 2.45) is 0 Å². The number of nitrogens with one attached hydrogen (secondary N) is 2. The summed E-state index contributed by atoms with van der Waals surface area (Å²) < 4.78 is 21.2. The lowest BCUT2D eigenvalue weighted by Gasteiger charge is -2.17. The molecule has 9 heteroatoms. The minimum absolute atomic E-state index is 0.103. The summed E-state index contributed by atoms with van der Waals surface area (Å²) in [5.41, 5.74) is 3.20. The van der Waals surface area contributed by atoms with E-state index in [2.05, 4.69) is 20.8 Å². The Morgan fingerprint density at radius 1 is 1.09 bits per heavy atom. The number of carbonyl (C=O) groups excluding carboxylic acids is 1. The molecule has 0 saturated carbocycles. The maximum absolute atomic E-state index is 13.9. The number of benzene rings is 3. The highest BCUT2D eigenvalue weighted by Crippen LogP contribution is 2.28. The third-order valence-electron chi connectivity index (χ3n) is 5.31. The van der Waals surface area contributed by atoms with E-state index in [0.717, 1.165) is 22.6 Å². The minimum Gasteiger partial charge on any atom is -0.497 e. The molecule has 7 nitrogen and oxygen atoms in total. The van der Waals surface area contributed by atoms with Crippen LogP contribution in [0.5, 0.6) is 5.75 Å². The van der Waals surface area contributed by atoms with Crippen LogP contribution in [0.1, 0.15) is 29.9 Å². The van der Waals surface area contributed by atoms with E-state index >= 15 is 0 Å². The van der Waals surface area contributed by atoms with Crippen LogP contribution in [0.15, 0.2) is 78.0 Å². The van der Waals surface area contributed by atoms with Crippen molar-refractivity contribution in [2.75, 3.05) is 12.4 Å². The number of aromatic nitrogens is 3. The number of hydrogen-bond acceptors (Lipinski definition) is 5. The largest absolute Gasteiger partial charge is 0.497 e. The lowest BCUT2D eigenvalue weighted by Crippen LogP contribution is -2.32. The fourth-order valence-electron chi connectivity index (χ4n) is 3.48. The topological polar surface area (TPSA) is 81.1 Å². The van der Waals surface area contributed by atoms with Gasteiger partial charge in [-0.1, -0.05) is 53.7 Å². The Hall–Kier alpha value is -3.85. The van der Waals surface area contributed by atoms with E-state index < -0.39 is 17.9 Å². The van der Waals surface area contributed by atoms with Crippen LogP contribution in [0.2, 0.25) is 0 Å². The van der Waals surface area contributed by atoms with E-state index in [1.807, 2.05) is 66.9 Å². The first kappa shape index (κ1) is 24.3. The summed E-state index contributed by atoms with van der Waals surface area (Å²) in [7, 11) is 1.64. The number of aryl methyl sites for hydroxylation is 1. The number of halogens is 1. The van der Waals surface area contributed by atoms with Crippen molar-refractivity contribution in [3.63, 3.8) is 0 Å². The molecule has 4 rings (SSSR count). The number of hydrogen-bond donors (Lipinski definition) is 2. The van der Waals surface area contributed by atoms with Crippen LogP contribution >= 0.6 is 11.8 Å². The first-order chi connectivity index (χ1) is 16.9. The predicted molar refractivity (Wildman–Crippen MR) is 136 cm³/mol. The van der Waals surface area contributed by atoms with Gasteiger partial charge in [0.1, 0.15) is 11.6 Å². The molecule has 0 radical (unpaired) electrons. The molecule has 4 aromatic rings. The minimum atomic E-state index is -0.536. The third kappa shape index (κ3) is 5.99. The molecule has 0 aliphatic rings. The predicted octanol–water partition coefficient (Wildman–Crippen LogP) is 5.90. The van der Waals surface area contributed by atoms with Crippen LogP contribution in [0.25, 0.3) is 5.69 Å². The number of methoxy groups -OCH3 is 1. The van der Waals surface area contributed by atoms with Gasteiger partial charge in [-0.2, -0.15) is 0 Å². The van der Waals surface area contributed by atoms with E-state index in [-0.39, 0.29) is 5.69 Å². The summed E-state index contributed by atoms with van der Waals surface area (Å²) in [6.45, 7) is 3.83. The van der Waals surface area contributed by atoms with E-state index in [9.17, 15) is 9.18 Å². The van der Waals surface area contributed by atoms with Crippen LogP contribution in [0, 0.1) is 12.7 Å². The zero-order valence-electron chi connectivity index (χ0n) is 19.7. The zero-order chi connectivity index (χ0) is 24.8. The number of carbonyl (C=O) groups is 1. The Balaban J connectivity index is 1.57. The lowest BCUT2D eigenvalue weighted by molar-refractivity contribution is 0.248. The molecule has 0 aliphatic carbocycles. The van der Waals surface area contributed by atoms with Crippen molar-refractivity contribution in [3.05, 3.63) is 95.6 Å². The first-order valence-electron chi connectivity index (χ1n) is 11.0. The van der Waals surface area contributed by atoms with Gasteiger partial charge in [0.2, 0.25) is 0 Å². The Labute approximate surface area is 207 Å². The fraction of sp³-hybridized carbons (Fsp3) is 0.192. The molecule has 0 spiro atoms. The summed E-state index contributed by atoms with van der Waals surface area (Å²) in [5.74, 6) is 1.51. The van der Waals surface area contributed by atoms with Crippen molar-refractivity contribution in [3.8, 4) is 11.4 Å². The number of urea groups is 1. The maximum Gasteiger partial charge on any atom is 0.319 e. The van der Waals surface area contributed by atoms with Crippen LogP contribution < -0.4 is 15.4 Å². The van der Waals surface area contributed by atoms with Gasteiger partial charge in [0.05, 0.1) is 18.8 Å². The second kappa shape index (κ2) is 11.1. The van der Waals surface area contributed by atoms with Crippen molar-refractivity contribution in [1.29, 1.82) is 0 Å². The zero-order valence-corrected chi connectivity index (χ0v) is 20.5. The van der Waals surface area contributed by atoms with Crippen LogP contribution in [0.4, 0.5) is 14.9 Å². The number of ether oxygens (including phenoxy) is 1. The van der Waals surface area contributed by atoms with Crippen molar-refractivity contribution in [2.45, 2.75) is 30.8 Å². The molecule has 180 valence electrons. The van der Waals surface area contributed by atoms with Gasteiger partial charge in [-0.05, 0) is 55.8 Å². The van der Waals surface area contributed by atoms with Crippen LogP contribution in [-0.2, 0) is 5.75 Å². The van der Waals surface area contributed by atoms with Gasteiger partial charge in [0.15, 0.2) is 11.0 Å². The number of amides is 2. The molecule has 0 fully saturated rings. The van der Waals surface area contributed by atoms with Crippen molar-refractivity contribution >= 4 is 23.5 Å². The lowest BCUT2D eigenvalue weighted by atomic mass is 10.2. The molecule has 2 N–H and O–H groups in total. The summed E-state index contributed by atoms with van der Waals surface area (Å²) in [6, 6.07) is 20.8. The smallest absolute Gasteiger partial charge is 0.319 e. The second-order valence-corrected chi connectivity index (χ2v) is 8.89. The molecule has 1 aromatic heterocycles. The highest BCUT2D eigenvalue weighted by Gasteiger charge is 2.21. The summed E-state index contributed by atoms with van der Waals surface area (Å²) in [4.78, 5) is 12.6. The molecule has 1 unspecified atom stereocenters. The normalized spacial score (nSPS) is 11.7. The van der Waals surface area contributed by atoms with Gasteiger partial charge in [-0.25, -0.2) is 9.18 Å². The van der Waals surface area contributed by atoms with Gasteiger partial charge in [0.25, 0.3) is 0 Å². The molecule has 1 atom stereocenters. The number of thioether (sulfide) groups is 1. The van der Waals surface area contributed by atoms with Crippen molar-refractivity contribution in [1.82, 2.24) is 20.1 Å². The van der Waals surface area contributed by atoms with Crippen molar-refractivity contribution < 1.29 is 13.9 Å². The molecule has 0 bridgehead atoms. The molecular formula is C26H26FN5O2S. The SMILES string of the molecule is COc1cccc(CSc2nnc(C(C)NC(=O)Nc3ccccc3F)n2-c2ccc(C)cc2)c1. The van der Waals surface area contributed by atoms with Gasteiger partial charge in [-0.3, -0.25) is 4.57 Å². The summed E-state index contributed by atoms with van der Waals surface area (Å²) in [6.07, 6.45) is 0. The Morgan fingerprint density at radius 3 is 2.60 bits per heavy atom. The van der Waals surface area contributed by atoms with E-state index in [4.69, 9.17) is 4.74 Å². The summed E-state index contributed by atoms with van der Waals surface area (Å²) >= 11 is 1.54. The average molecular weight is 492 g/mol. The average Bonchev–Trinajstić information content (AvgIpc) is 3.29. The Morgan fingerprint density at radius 2 is 1.86 bits per heavy atom. The number of anilines is 1. The molecule has 3 aromatic carbocycles. The Bertz CT molecular complexity index is 1310. The van der Waals surface area contributed by atoms with Crippen LogP contribution in [-0.4, -0.2) is 27.9 Å². The number of nitrogens with zero attached hydrogens (tertiary/aromatic N) is 3. The molecule has 2 amide bonds. The number of para-hydroxylation sites is 1. The summed E-state index contributed by atoms with van der Waals surface area (Å²) in [5, 5.41) is 14.9. The molecule has 35 heavy (non-hydrogen) atoms. The van der Waals surface area contributed by atoms with Gasteiger partial charge < -0.3 is 15.4 Å².